The Labute approximate surface area is 224 Å². The first kappa shape index (κ1) is 27.3. The maximum absolute atomic E-state index is 13.8. The Hall–Kier alpha value is -2.71. The summed E-state index contributed by atoms with van der Waals surface area (Å²) in [7, 11) is 3.48. The van der Waals surface area contributed by atoms with Crippen molar-refractivity contribution in [3.63, 3.8) is 0 Å². The lowest BCUT2D eigenvalue weighted by atomic mass is 9.72. The quantitative estimate of drug-likeness (QED) is 0.551. The Morgan fingerprint density at radius 2 is 1.76 bits per heavy atom. The summed E-state index contributed by atoms with van der Waals surface area (Å²) in [6, 6.07) is 11.2. The van der Waals surface area contributed by atoms with Crippen LogP contribution in [-0.2, 0) is 22.4 Å². The van der Waals surface area contributed by atoms with Crippen LogP contribution in [0.2, 0.25) is 0 Å². The molecule has 0 radical (unpaired) electrons. The molecule has 3 amide bonds. The van der Waals surface area contributed by atoms with E-state index in [0.717, 1.165) is 36.1 Å². The number of piperidine rings is 1. The van der Waals surface area contributed by atoms with Gasteiger partial charge in [-0.15, -0.1) is 11.3 Å². The first-order chi connectivity index (χ1) is 17.8. The molecule has 3 N–H and O–H groups in total. The van der Waals surface area contributed by atoms with Crippen LogP contribution in [0.25, 0.3) is 0 Å². The molecule has 4 rings (SSSR count). The molecule has 0 spiro atoms. The number of amides is 3. The van der Waals surface area contributed by atoms with Crippen molar-refractivity contribution in [1.82, 2.24) is 15.1 Å². The summed E-state index contributed by atoms with van der Waals surface area (Å²) in [6.07, 6.45) is 7.94. The topological polar surface area (TPSA) is 95.7 Å². The second-order valence-electron chi connectivity index (χ2n) is 10.9. The molecule has 2 fully saturated rings. The monoisotopic (exact) mass is 524 g/mol. The van der Waals surface area contributed by atoms with Gasteiger partial charge in [-0.1, -0.05) is 37.5 Å². The third-order valence-corrected chi connectivity index (χ3v) is 8.82. The van der Waals surface area contributed by atoms with Crippen molar-refractivity contribution in [3.8, 4) is 0 Å². The second kappa shape index (κ2) is 12.2. The summed E-state index contributed by atoms with van der Waals surface area (Å²) in [5.74, 6) is 0.0195. The number of nitrogens with two attached hydrogens (primary N) is 1. The molecule has 2 aromatic rings. The van der Waals surface area contributed by atoms with E-state index in [1.165, 1.54) is 6.42 Å². The van der Waals surface area contributed by atoms with Crippen molar-refractivity contribution in [2.45, 2.75) is 69.9 Å². The molecule has 1 saturated heterocycles. The number of hydrogen-bond donors (Lipinski definition) is 2. The lowest BCUT2D eigenvalue weighted by Gasteiger charge is -2.42. The van der Waals surface area contributed by atoms with Crippen LogP contribution in [0.5, 0.6) is 0 Å². The standard InChI is InChI=1S/C29H40N4O3S/c1-32(2)26(34)22-12-10-21(11-13-22)20-29(28(36)31-23-7-4-3-5-8-23)14-16-33(17-15-29)27(35)25(30)19-24-9-6-18-37-24/h6,9-13,18,23,25H,3-5,7-8,14-17,19-20,30H2,1-2H3,(H,31,36). The molecule has 0 bridgehead atoms. The summed E-state index contributed by atoms with van der Waals surface area (Å²) in [5, 5.41) is 5.36. The lowest BCUT2D eigenvalue weighted by molar-refractivity contribution is -0.141. The number of thiophene rings is 1. The Bertz CT molecular complexity index is 1050. The van der Waals surface area contributed by atoms with E-state index in [0.29, 0.717) is 44.3 Å². The third kappa shape index (κ3) is 6.79. The zero-order chi connectivity index (χ0) is 26.4. The third-order valence-electron chi connectivity index (χ3n) is 7.92. The molecule has 1 unspecified atom stereocenters. The molecular weight excluding hydrogens is 484 g/mol. The number of rotatable bonds is 8. The molecule has 1 aromatic heterocycles. The van der Waals surface area contributed by atoms with Crippen LogP contribution in [0, 0.1) is 5.41 Å². The van der Waals surface area contributed by atoms with Crippen molar-refractivity contribution in [1.29, 1.82) is 0 Å². The molecule has 1 aromatic carbocycles. The first-order valence-electron chi connectivity index (χ1n) is 13.5. The van der Waals surface area contributed by atoms with E-state index in [9.17, 15) is 14.4 Å². The number of benzene rings is 1. The van der Waals surface area contributed by atoms with Crippen molar-refractivity contribution < 1.29 is 14.4 Å². The van der Waals surface area contributed by atoms with Gasteiger partial charge in [-0.25, -0.2) is 0 Å². The van der Waals surface area contributed by atoms with E-state index in [1.54, 1.807) is 30.3 Å². The fraction of sp³-hybridized carbons (Fsp3) is 0.552. The zero-order valence-electron chi connectivity index (χ0n) is 22.1. The van der Waals surface area contributed by atoms with Crippen LogP contribution < -0.4 is 11.1 Å². The Kier molecular flexibility index (Phi) is 9.03. The lowest BCUT2D eigenvalue weighted by Crippen LogP contribution is -2.55. The average Bonchev–Trinajstić information content (AvgIpc) is 3.42. The fourth-order valence-corrected chi connectivity index (χ4v) is 6.37. The van der Waals surface area contributed by atoms with E-state index >= 15 is 0 Å². The van der Waals surface area contributed by atoms with Crippen LogP contribution >= 0.6 is 11.3 Å². The SMILES string of the molecule is CN(C)C(=O)c1ccc(CC2(C(=O)NC3CCCCC3)CCN(C(=O)C(N)Cc3cccs3)CC2)cc1. The van der Waals surface area contributed by atoms with Crippen molar-refractivity contribution >= 4 is 29.1 Å². The van der Waals surface area contributed by atoms with Gasteiger partial charge in [0.1, 0.15) is 0 Å². The van der Waals surface area contributed by atoms with E-state index in [1.807, 2.05) is 46.7 Å². The number of carbonyl (C=O) groups excluding carboxylic acids is 3. The number of carbonyl (C=O) groups is 3. The largest absolute Gasteiger partial charge is 0.353 e. The molecule has 2 heterocycles. The van der Waals surface area contributed by atoms with Gasteiger partial charge in [-0.2, -0.15) is 0 Å². The average molecular weight is 525 g/mol. The van der Waals surface area contributed by atoms with Crippen LogP contribution in [0.3, 0.4) is 0 Å². The summed E-state index contributed by atoms with van der Waals surface area (Å²) >= 11 is 1.61. The predicted octanol–water partition coefficient (Wildman–Crippen LogP) is 3.62. The number of likely N-dealkylation sites (tertiary alicyclic amines) is 1. The Morgan fingerprint density at radius 3 is 2.35 bits per heavy atom. The van der Waals surface area contributed by atoms with E-state index in [2.05, 4.69) is 5.32 Å². The van der Waals surface area contributed by atoms with Gasteiger partial charge >= 0.3 is 0 Å². The minimum absolute atomic E-state index is 0.0398. The van der Waals surface area contributed by atoms with E-state index in [-0.39, 0.29) is 23.8 Å². The van der Waals surface area contributed by atoms with Crippen LogP contribution in [0.4, 0.5) is 0 Å². The smallest absolute Gasteiger partial charge is 0.253 e. The number of hydrogen-bond acceptors (Lipinski definition) is 5. The second-order valence-corrected chi connectivity index (χ2v) is 11.9. The maximum atomic E-state index is 13.8. The Balaban J connectivity index is 1.46. The predicted molar refractivity (Wildman–Crippen MR) is 147 cm³/mol. The molecule has 8 heteroatoms. The molecule has 7 nitrogen and oxygen atoms in total. The molecule has 1 atom stereocenters. The highest BCUT2D eigenvalue weighted by Crippen LogP contribution is 2.37. The highest BCUT2D eigenvalue weighted by atomic mass is 32.1. The highest BCUT2D eigenvalue weighted by molar-refractivity contribution is 7.09. The molecule has 1 aliphatic heterocycles. The summed E-state index contributed by atoms with van der Waals surface area (Å²) < 4.78 is 0. The molecule has 200 valence electrons. The maximum Gasteiger partial charge on any atom is 0.253 e. The number of nitrogens with zero attached hydrogens (tertiary/aromatic N) is 2. The summed E-state index contributed by atoms with van der Waals surface area (Å²) in [5.41, 5.74) is 7.36. The molecule has 37 heavy (non-hydrogen) atoms. The van der Waals surface area contributed by atoms with Gasteiger partial charge in [0.15, 0.2) is 0 Å². The van der Waals surface area contributed by atoms with Gasteiger partial charge in [0.2, 0.25) is 11.8 Å². The zero-order valence-corrected chi connectivity index (χ0v) is 22.9. The molecule has 2 aliphatic rings. The van der Waals surface area contributed by atoms with Gasteiger partial charge in [0.05, 0.1) is 11.5 Å². The van der Waals surface area contributed by atoms with Crippen LogP contribution in [0.15, 0.2) is 41.8 Å². The van der Waals surface area contributed by atoms with Gasteiger partial charge in [0.25, 0.3) is 5.91 Å². The highest BCUT2D eigenvalue weighted by Gasteiger charge is 2.43. The molecule has 1 saturated carbocycles. The summed E-state index contributed by atoms with van der Waals surface area (Å²) in [6.45, 7) is 1.04. The van der Waals surface area contributed by atoms with Gasteiger partial charge in [-0.05, 0) is 61.2 Å². The minimum atomic E-state index is -0.584. The van der Waals surface area contributed by atoms with Crippen molar-refractivity contribution in [3.05, 3.63) is 57.8 Å². The van der Waals surface area contributed by atoms with E-state index in [4.69, 9.17) is 5.73 Å². The van der Waals surface area contributed by atoms with E-state index < -0.39 is 11.5 Å². The first-order valence-corrected chi connectivity index (χ1v) is 14.3. The van der Waals surface area contributed by atoms with Crippen LogP contribution in [-0.4, -0.2) is 66.8 Å². The van der Waals surface area contributed by atoms with Gasteiger partial charge < -0.3 is 20.9 Å². The number of nitrogens with one attached hydrogen (secondary N) is 1. The van der Waals surface area contributed by atoms with Crippen molar-refractivity contribution in [2.75, 3.05) is 27.2 Å². The van der Waals surface area contributed by atoms with Gasteiger partial charge in [-0.3, -0.25) is 14.4 Å². The molecule has 1 aliphatic carbocycles. The van der Waals surface area contributed by atoms with Gasteiger partial charge in [0, 0.05) is 50.1 Å². The Morgan fingerprint density at radius 1 is 1.08 bits per heavy atom. The minimum Gasteiger partial charge on any atom is -0.353 e. The molecular formula is C29H40N4O3S. The normalized spacial score (nSPS) is 18.7. The fourth-order valence-electron chi connectivity index (χ4n) is 5.61. The summed E-state index contributed by atoms with van der Waals surface area (Å²) in [4.78, 5) is 43.7. The van der Waals surface area contributed by atoms with Crippen LogP contribution in [0.1, 0.15) is 65.7 Å². The van der Waals surface area contributed by atoms with Crippen molar-refractivity contribution in [2.24, 2.45) is 11.1 Å².